The second kappa shape index (κ2) is 6.46. The van der Waals surface area contributed by atoms with Gasteiger partial charge in [-0.25, -0.2) is 0 Å². The summed E-state index contributed by atoms with van der Waals surface area (Å²) in [5.74, 6) is 8.40. The van der Waals surface area contributed by atoms with Crippen LogP contribution in [0.5, 0.6) is 0 Å². The first-order valence-corrected chi connectivity index (χ1v) is 8.47. The van der Waals surface area contributed by atoms with E-state index in [4.69, 9.17) is 0 Å². The van der Waals surface area contributed by atoms with Crippen molar-refractivity contribution in [1.29, 1.82) is 0 Å². The minimum Gasteiger partial charge on any atom is -0.284 e. The Bertz CT molecular complexity index is 301. The Morgan fingerprint density at radius 3 is 2.36 bits per heavy atom. The SMILES string of the molecule is CCCC#CCC(=O)C#C[Si](C)(C)C. The summed E-state index contributed by atoms with van der Waals surface area (Å²) in [6.07, 6.45) is 2.20. The number of carbonyl (C=O) groups is 1. The van der Waals surface area contributed by atoms with Gasteiger partial charge in [0.1, 0.15) is 8.07 Å². The van der Waals surface area contributed by atoms with Crippen molar-refractivity contribution in [3.63, 3.8) is 0 Å². The number of unbranched alkanes of at least 4 members (excludes halogenated alkanes) is 1. The number of hydrogen-bond acceptors (Lipinski definition) is 1. The van der Waals surface area contributed by atoms with Crippen LogP contribution < -0.4 is 0 Å². The van der Waals surface area contributed by atoms with Gasteiger partial charge in [0.25, 0.3) is 0 Å². The van der Waals surface area contributed by atoms with Crippen LogP contribution in [0.4, 0.5) is 0 Å². The highest BCUT2D eigenvalue weighted by molar-refractivity contribution is 6.84. The van der Waals surface area contributed by atoms with Gasteiger partial charge in [-0.2, -0.15) is 0 Å². The van der Waals surface area contributed by atoms with Crippen LogP contribution in [0.15, 0.2) is 0 Å². The van der Waals surface area contributed by atoms with Crippen molar-refractivity contribution in [2.75, 3.05) is 0 Å². The number of Topliss-reactive ketones (excluding diaryl/α,β-unsaturated/α-hetero) is 1. The molecule has 0 aliphatic rings. The average molecular weight is 206 g/mol. The smallest absolute Gasteiger partial charge is 0.216 e. The molecule has 0 bridgehead atoms. The fraction of sp³-hybridized carbons (Fsp3) is 0.583. The molecule has 76 valence electrons. The summed E-state index contributed by atoms with van der Waals surface area (Å²) < 4.78 is 0. The number of rotatable bonds is 2. The highest BCUT2D eigenvalue weighted by Gasteiger charge is 2.07. The Labute approximate surface area is 88.3 Å². The van der Waals surface area contributed by atoms with Crippen LogP contribution >= 0.6 is 0 Å². The van der Waals surface area contributed by atoms with Crippen LogP contribution in [0.1, 0.15) is 26.2 Å². The summed E-state index contributed by atoms with van der Waals surface area (Å²) in [7, 11) is -1.40. The van der Waals surface area contributed by atoms with Crippen LogP contribution in [0.25, 0.3) is 0 Å². The zero-order valence-corrected chi connectivity index (χ0v) is 10.5. The topological polar surface area (TPSA) is 17.1 Å². The first kappa shape index (κ1) is 13.0. The molecule has 0 fully saturated rings. The number of ketones is 1. The van der Waals surface area contributed by atoms with Crippen molar-refractivity contribution < 1.29 is 4.79 Å². The molecule has 0 saturated heterocycles. The molecule has 0 rings (SSSR count). The Hall–Kier alpha value is -0.993. The maximum Gasteiger partial charge on any atom is 0.216 e. The van der Waals surface area contributed by atoms with E-state index in [9.17, 15) is 4.79 Å². The zero-order chi connectivity index (χ0) is 11.0. The second-order valence-electron chi connectivity index (χ2n) is 4.20. The summed E-state index contributed by atoms with van der Waals surface area (Å²) >= 11 is 0. The predicted molar refractivity (Wildman–Crippen MR) is 63.4 cm³/mol. The molecule has 0 atom stereocenters. The molecule has 0 aromatic rings. The van der Waals surface area contributed by atoms with Gasteiger partial charge in [0, 0.05) is 6.42 Å². The van der Waals surface area contributed by atoms with Gasteiger partial charge in [-0.05, 0) is 12.3 Å². The van der Waals surface area contributed by atoms with Crippen LogP contribution in [-0.2, 0) is 4.79 Å². The van der Waals surface area contributed by atoms with Gasteiger partial charge in [-0.15, -0.1) is 11.5 Å². The van der Waals surface area contributed by atoms with Crippen LogP contribution in [0.3, 0.4) is 0 Å². The largest absolute Gasteiger partial charge is 0.284 e. The fourth-order valence-corrected chi connectivity index (χ4v) is 1.17. The van der Waals surface area contributed by atoms with Gasteiger partial charge < -0.3 is 0 Å². The van der Waals surface area contributed by atoms with Crippen molar-refractivity contribution in [2.24, 2.45) is 0 Å². The van der Waals surface area contributed by atoms with E-state index >= 15 is 0 Å². The molecule has 0 spiro atoms. The third kappa shape index (κ3) is 9.10. The van der Waals surface area contributed by atoms with Gasteiger partial charge in [0.05, 0.1) is 6.42 Å². The molecule has 0 heterocycles. The molecule has 14 heavy (non-hydrogen) atoms. The lowest BCUT2D eigenvalue weighted by atomic mass is 10.3. The van der Waals surface area contributed by atoms with Crippen LogP contribution in [0.2, 0.25) is 19.6 Å². The van der Waals surface area contributed by atoms with Gasteiger partial charge in [-0.3, -0.25) is 4.79 Å². The molecule has 0 saturated carbocycles. The standard InChI is InChI=1S/C12H18OSi/c1-5-6-7-8-9-12(13)10-11-14(2,3)4/h5-6,9H2,1-4H3. The first-order valence-electron chi connectivity index (χ1n) is 4.97. The van der Waals surface area contributed by atoms with Gasteiger partial charge >= 0.3 is 0 Å². The third-order valence-electron chi connectivity index (χ3n) is 1.33. The predicted octanol–water partition coefficient (Wildman–Crippen LogP) is 2.63. The van der Waals surface area contributed by atoms with Gasteiger partial charge in [-0.1, -0.05) is 32.5 Å². The van der Waals surface area contributed by atoms with Crippen molar-refractivity contribution >= 4 is 13.9 Å². The lowest BCUT2D eigenvalue weighted by molar-refractivity contribution is -0.112. The van der Waals surface area contributed by atoms with E-state index in [1.165, 1.54) is 0 Å². The molecular formula is C12H18OSi. The summed E-state index contributed by atoms with van der Waals surface area (Å²) in [5.41, 5.74) is 3.03. The molecule has 0 aromatic heterocycles. The number of hydrogen-bond donors (Lipinski definition) is 0. The first-order chi connectivity index (χ1) is 6.45. The molecular weight excluding hydrogens is 188 g/mol. The Balaban J connectivity index is 4.00. The summed E-state index contributed by atoms with van der Waals surface area (Å²) in [4.78, 5) is 11.2. The lowest BCUT2D eigenvalue weighted by Crippen LogP contribution is -2.17. The van der Waals surface area contributed by atoms with E-state index in [0.29, 0.717) is 0 Å². The van der Waals surface area contributed by atoms with Crippen molar-refractivity contribution in [2.45, 2.75) is 45.8 Å². The highest BCUT2D eigenvalue weighted by atomic mass is 28.3. The van der Waals surface area contributed by atoms with Crippen LogP contribution in [-0.4, -0.2) is 13.9 Å². The van der Waals surface area contributed by atoms with E-state index in [-0.39, 0.29) is 12.2 Å². The van der Waals surface area contributed by atoms with E-state index in [1.54, 1.807) is 0 Å². The van der Waals surface area contributed by atoms with Gasteiger partial charge in [0.2, 0.25) is 5.78 Å². The normalized spacial score (nSPS) is 9.43. The minimum atomic E-state index is -1.40. The van der Waals surface area contributed by atoms with E-state index in [2.05, 4.69) is 49.9 Å². The minimum absolute atomic E-state index is 0.0453. The Morgan fingerprint density at radius 2 is 1.86 bits per heavy atom. The number of carbonyl (C=O) groups excluding carboxylic acids is 1. The maximum atomic E-state index is 11.2. The van der Waals surface area contributed by atoms with Crippen LogP contribution in [0, 0.1) is 23.3 Å². The molecule has 0 unspecified atom stereocenters. The van der Waals surface area contributed by atoms with E-state index in [1.807, 2.05) is 0 Å². The Morgan fingerprint density at radius 1 is 1.21 bits per heavy atom. The van der Waals surface area contributed by atoms with E-state index in [0.717, 1.165) is 12.8 Å². The summed E-state index contributed by atoms with van der Waals surface area (Å²) in [6.45, 7) is 8.43. The van der Waals surface area contributed by atoms with Crippen molar-refractivity contribution in [3.05, 3.63) is 0 Å². The quantitative estimate of drug-likeness (QED) is 0.501. The molecule has 0 aliphatic carbocycles. The molecule has 2 heteroatoms. The molecule has 0 amide bonds. The van der Waals surface area contributed by atoms with E-state index < -0.39 is 8.07 Å². The average Bonchev–Trinajstić information content (AvgIpc) is 2.08. The lowest BCUT2D eigenvalue weighted by Gasteiger charge is -2.02. The third-order valence-corrected chi connectivity index (χ3v) is 2.20. The maximum absolute atomic E-state index is 11.2. The molecule has 0 aromatic carbocycles. The highest BCUT2D eigenvalue weighted by Crippen LogP contribution is 1.96. The summed E-state index contributed by atoms with van der Waals surface area (Å²) in [6, 6.07) is 0. The Kier molecular flexibility index (Phi) is 6.00. The van der Waals surface area contributed by atoms with Crippen molar-refractivity contribution in [3.8, 4) is 23.3 Å². The molecule has 0 N–H and O–H groups in total. The zero-order valence-electron chi connectivity index (χ0n) is 9.53. The molecule has 0 radical (unpaired) electrons. The van der Waals surface area contributed by atoms with Crippen molar-refractivity contribution in [1.82, 2.24) is 0 Å². The fourth-order valence-electron chi connectivity index (χ4n) is 0.658. The second-order valence-corrected chi connectivity index (χ2v) is 8.95. The summed E-state index contributed by atoms with van der Waals surface area (Å²) in [5, 5.41) is 0. The van der Waals surface area contributed by atoms with Gasteiger partial charge in [0.15, 0.2) is 0 Å². The molecule has 1 nitrogen and oxygen atoms in total. The monoisotopic (exact) mass is 206 g/mol. The molecule has 0 aliphatic heterocycles.